The van der Waals surface area contributed by atoms with E-state index in [9.17, 15) is 0 Å². The third-order valence-electron chi connectivity index (χ3n) is 2.65. The fourth-order valence-electron chi connectivity index (χ4n) is 1.70. The molecule has 0 amide bonds. The molecule has 1 N–H and O–H groups in total. The molecule has 3 nitrogen and oxygen atoms in total. The van der Waals surface area contributed by atoms with Crippen molar-refractivity contribution in [2.45, 2.75) is 33.4 Å². The van der Waals surface area contributed by atoms with Crippen molar-refractivity contribution >= 4 is 23.4 Å². The van der Waals surface area contributed by atoms with Gasteiger partial charge < -0.3 is 5.32 Å². The Hall–Kier alpha value is -0.450. The summed E-state index contributed by atoms with van der Waals surface area (Å²) in [6.07, 6.45) is 2.81. The van der Waals surface area contributed by atoms with Crippen molar-refractivity contribution < 1.29 is 0 Å². The molecule has 1 aromatic rings. The molecule has 0 unspecified atom stereocenters. The number of halogens is 1. The van der Waals surface area contributed by atoms with Crippen molar-refractivity contribution in [3.63, 3.8) is 0 Å². The number of nitrogens with one attached hydrogen (secondary N) is 1. The molecule has 0 atom stereocenters. The number of rotatable bonds is 9. The average molecular weight is 288 g/mol. The van der Waals surface area contributed by atoms with E-state index in [-0.39, 0.29) is 0 Å². The minimum Gasteiger partial charge on any atom is -0.310 e. The lowest BCUT2D eigenvalue weighted by atomic mass is 10.3. The maximum Gasteiger partial charge on any atom is 0.0863 e. The molecule has 5 heteroatoms. The first-order valence-corrected chi connectivity index (χ1v) is 7.91. The zero-order chi connectivity index (χ0) is 13.4. The minimum atomic E-state index is 0.786. The van der Waals surface area contributed by atoms with Crippen LogP contribution in [0.4, 0.5) is 0 Å². The van der Waals surface area contributed by atoms with Crippen LogP contribution in [0, 0.1) is 0 Å². The molecular formula is C13H22ClN3S. The molecular weight excluding hydrogens is 266 g/mol. The summed E-state index contributed by atoms with van der Waals surface area (Å²) in [5, 5.41) is 8.74. The van der Waals surface area contributed by atoms with Gasteiger partial charge in [0.05, 0.1) is 16.4 Å². The summed E-state index contributed by atoms with van der Waals surface area (Å²) in [6, 6.07) is 0. The molecule has 1 heterocycles. The molecule has 0 aromatic carbocycles. The van der Waals surface area contributed by atoms with Crippen molar-refractivity contribution in [2.24, 2.45) is 0 Å². The van der Waals surface area contributed by atoms with Crippen LogP contribution < -0.4 is 5.32 Å². The topological polar surface area (TPSA) is 29.9 Å². The normalized spacial score (nSPS) is 10.8. The molecule has 0 aliphatic heterocycles. The van der Waals surface area contributed by atoms with Gasteiger partial charge in [-0.1, -0.05) is 24.6 Å². The molecule has 102 valence electrons. The van der Waals surface area contributed by atoms with E-state index in [4.69, 9.17) is 11.6 Å². The summed E-state index contributed by atoms with van der Waals surface area (Å²) in [4.78, 5) is 0. The molecule has 0 aliphatic carbocycles. The van der Waals surface area contributed by atoms with Gasteiger partial charge in [-0.25, -0.2) is 0 Å². The van der Waals surface area contributed by atoms with Crippen LogP contribution in [-0.2, 0) is 19.5 Å². The first-order chi connectivity index (χ1) is 8.74. The zero-order valence-corrected chi connectivity index (χ0v) is 12.8. The number of aryl methyl sites for hydroxylation is 2. The highest BCUT2D eigenvalue weighted by Crippen LogP contribution is 2.21. The lowest BCUT2D eigenvalue weighted by molar-refractivity contribution is 0.586. The quantitative estimate of drug-likeness (QED) is 0.559. The highest BCUT2D eigenvalue weighted by molar-refractivity contribution is 7.99. The lowest BCUT2D eigenvalue weighted by Gasteiger charge is -2.07. The fourth-order valence-corrected chi connectivity index (χ4v) is 2.66. The number of hydrogen-bond acceptors (Lipinski definition) is 3. The van der Waals surface area contributed by atoms with Crippen LogP contribution in [-0.4, -0.2) is 27.8 Å². The first kappa shape index (κ1) is 15.6. The third kappa shape index (κ3) is 4.34. The number of aromatic nitrogens is 2. The molecule has 0 radical (unpaired) electrons. The minimum absolute atomic E-state index is 0.786. The Kier molecular flexibility index (Phi) is 7.47. The van der Waals surface area contributed by atoms with Crippen LogP contribution in [0.5, 0.6) is 0 Å². The summed E-state index contributed by atoms with van der Waals surface area (Å²) >= 11 is 8.21. The molecule has 0 saturated carbocycles. The fraction of sp³-hybridized carbons (Fsp3) is 0.615. The lowest BCUT2D eigenvalue weighted by Crippen LogP contribution is -2.19. The maximum absolute atomic E-state index is 6.33. The van der Waals surface area contributed by atoms with Gasteiger partial charge in [-0.05, 0) is 13.3 Å². The van der Waals surface area contributed by atoms with E-state index in [1.807, 2.05) is 22.5 Å². The standard InChI is InChI=1S/C13H22ClN3S/c1-4-8-18-9-7-15-10-12-13(14)11(5-2)16-17(12)6-3/h4,15H,1,5-10H2,2-3H3. The van der Waals surface area contributed by atoms with E-state index in [1.165, 1.54) is 0 Å². The van der Waals surface area contributed by atoms with Crippen LogP contribution in [0.2, 0.25) is 5.02 Å². The first-order valence-electron chi connectivity index (χ1n) is 6.37. The molecule has 0 fully saturated rings. The van der Waals surface area contributed by atoms with Gasteiger partial charge in [0.2, 0.25) is 0 Å². The SMILES string of the molecule is C=CCSCCNCc1c(Cl)c(CC)nn1CC. The summed E-state index contributed by atoms with van der Waals surface area (Å²) in [5.41, 5.74) is 2.10. The molecule has 0 spiro atoms. The van der Waals surface area contributed by atoms with Crippen LogP contribution >= 0.6 is 23.4 Å². The number of thioether (sulfide) groups is 1. The summed E-state index contributed by atoms with van der Waals surface area (Å²) in [7, 11) is 0. The van der Waals surface area contributed by atoms with Gasteiger partial charge in [0.15, 0.2) is 0 Å². The summed E-state index contributed by atoms with van der Waals surface area (Å²) in [6.45, 7) is 10.5. The Morgan fingerprint density at radius 2 is 2.28 bits per heavy atom. The molecule has 0 aliphatic rings. The molecule has 1 aromatic heterocycles. The highest BCUT2D eigenvalue weighted by Gasteiger charge is 2.13. The van der Waals surface area contributed by atoms with E-state index in [1.54, 1.807) is 0 Å². The summed E-state index contributed by atoms with van der Waals surface area (Å²) in [5.74, 6) is 2.10. The predicted molar refractivity (Wildman–Crippen MR) is 81.5 cm³/mol. The van der Waals surface area contributed by atoms with Gasteiger partial charge in [0.1, 0.15) is 0 Å². The van der Waals surface area contributed by atoms with Crippen LogP contribution in [0.3, 0.4) is 0 Å². The van der Waals surface area contributed by atoms with Crippen molar-refractivity contribution in [1.29, 1.82) is 0 Å². The van der Waals surface area contributed by atoms with Gasteiger partial charge in [-0.2, -0.15) is 16.9 Å². The second kappa shape index (κ2) is 8.62. The number of hydrogen-bond donors (Lipinski definition) is 1. The Balaban J connectivity index is 2.45. The van der Waals surface area contributed by atoms with Crippen molar-refractivity contribution in [2.75, 3.05) is 18.1 Å². The summed E-state index contributed by atoms with van der Waals surface area (Å²) < 4.78 is 1.99. The predicted octanol–water partition coefficient (Wildman–Crippen LogP) is 3.13. The van der Waals surface area contributed by atoms with Crippen LogP contribution in [0.25, 0.3) is 0 Å². The Morgan fingerprint density at radius 1 is 1.50 bits per heavy atom. The van der Waals surface area contributed by atoms with Crippen molar-refractivity contribution in [3.05, 3.63) is 29.1 Å². The Bertz CT molecular complexity index is 377. The van der Waals surface area contributed by atoms with Gasteiger partial charge >= 0.3 is 0 Å². The second-order valence-electron chi connectivity index (χ2n) is 3.92. The molecule has 0 saturated heterocycles. The van der Waals surface area contributed by atoms with Gasteiger partial charge in [-0.3, -0.25) is 4.68 Å². The van der Waals surface area contributed by atoms with E-state index < -0.39 is 0 Å². The second-order valence-corrected chi connectivity index (χ2v) is 5.44. The van der Waals surface area contributed by atoms with Crippen LogP contribution in [0.1, 0.15) is 25.2 Å². The monoisotopic (exact) mass is 287 g/mol. The van der Waals surface area contributed by atoms with E-state index >= 15 is 0 Å². The average Bonchev–Trinajstić information content (AvgIpc) is 2.70. The Morgan fingerprint density at radius 3 is 2.89 bits per heavy atom. The number of nitrogens with zero attached hydrogens (tertiary/aromatic N) is 2. The van der Waals surface area contributed by atoms with E-state index in [0.717, 1.165) is 54.0 Å². The molecule has 0 bridgehead atoms. The largest absolute Gasteiger partial charge is 0.310 e. The van der Waals surface area contributed by atoms with Gasteiger partial charge in [-0.15, -0.1) is 6.58 Å². The Labute approximate surface area is 119 Å². The van der Waals surface area contributed by atoms with Crippen molar-refractivity contribution in [3.8, 4) is 0 Å². The van der Waals surface area contributed by atoms with Crippen LogP contribution in [0.15, 0.2) is 12.7 Å². The van der Waals surface area contributed by atoms with Crippen molar-refractivity contribution in [1.82, 2.24) is 15.1 Å². The molecule has 1 rings (SSSR count). The van der Waals surface area contributed by atoms with Gasteiger partial charge in [0, 0.05) is 31.1 Å². The third-order valence-corrected chi connectivity index (χ3v) is 4.05. The maximum atomic E-state index is 6.33. The van der Waals surface area contributed by atoms with Gasteiger partial charge in [0.25, 0.3) is 0 Å². The highest BCUT2D eigenvalue weighted by atomic mass is 35.5. The molecule has 18 heavy (non-hydrogen) atoms. The van der Waals surface area contributed by atoms with E-state index in [0.29, 0.717) is 0 Å². The smallest absolute Gasteiger partial charge is 0.0863 e. The van der Waals surface area contributed by atoms with E-state index in [2.05, 4.69) is 30.8 Å². The zero-order valence-electron chi connectivity index (χ0n) is 11.2.